The molecule has 2 aromatic rings. The second kappa shape index (κ2) is 4.34. The van der Waals surface area contributed by atoms with E-state index in [1.165, 1.54) is 11.5 Å². The minimum absolute atomic E-state index is 0.0591. The van der Waals surface area contributed by atoms with Gasteiger partial charge in [0.1, 0.15) is 0 Å². The Labute approximate surface area is 108 Å². The Hall–Kier alpha value is -2.02. The number of benzene rings is 1. The van der Waals surface area contributed by atoms with Crippen LogP contribution in [0, 0.1) is 0 Å². The summed E-state index contributed by atoms with van der Waals surface area (Å²) in [5.41, 5.74) is 3.12. The topological polar surface area (TPSA) is 71.0 Å². The number of hydrogen-bond donors (Lipinski definition) is 1. The van der Waals surface area contributed by atoms with Gasteiger partial charge in [-0.1, -0.05) is 21.7 Å². The lowest BCUT2D eigenvalue weighted by molar-refractivity contribution is -0.115. The summed E-state index contributed by atoms with van der Waals surface area (Å²) in [6.07, 6.45) is 0.466. The third-order valence-corrected chi connectivity index (χ3v) is 3.54. The minimum Gasteiger partial charge on any atom is -0.344 e. The molecule has 6 nitrogen and oxygen atoms in total. The van der Waals surface area contributed by atoms with Crippen LogP contribution in [0.15, 0.2) is 18.2 Å². The van der Waals surface area contributed by atoms with E-state index in [9.17, 15) is 4.79 Å². The van der Waals surface area contributed by atoms with Gasteiger partial charge < -0.3 is 10.2 Å². The lowest BCUT2D eigenvalue weighted by Gasteiger charge is -2.14. The van der Waals surface area contributed by atoms with Crippen LogP contribution < -0.4 is 10.2 Å². The lowest BCUT2D eigenvalue weighted by Crippen LogP contribution is -2.16. The van der Waals surface area contributed by atoms with Crippen molar-refractivity contribution in [2.75, 3.05) is 17.3 Å². The molecule has 0 bridgehead atoms. The van der Waals surface area contributed by atoms with Gasteiger partial charge in [0, 0.05) is 30.8 Å². The normalized spacial score (nSPS) is 13.3. The highest BCUT2D eigenvalue weighted by Gasteiger charge is 2.17. The van der Waals surface area contributed by atoms with E-state index in [1.807, 2.05) is 24.1 Å². The van der Waals surface area contributed by atoms with Crippen molar-refractivity contribution in [2.24, 2.45) is 0 Å². The van der Waals surface area contributed by atoms with Gasteiger partial charge in [-0.25, -0.2) is 0 Å². The summed E-state index contributed by atoms with van der Waals surface area (Å²) in [4.78, 5) is 13.3. The first-order valence-corrected chi connectivity index (χ1v) is 6.27. The minimum atomic E-state index is 0.0591. The molecule has 0 unspecified atom stereocenters. The van der Waals surface area contributed by atoms with Crippen LogP contribution >= 0.6 is 11.5 Å². The maximum atomic E-state index is 11.3. The van der Waals surface area contributed by atoms with Crippen LogP contribution in [0.1, 0.15) is 11.1 Å². The molecule has 0 atom stereocenters. The van der Waals surface area contributed by atoms with Crippen LogP contribution in [-0.4, -0.2) is 27.8 Å². The predicted octanol–water partition coefficient (Wildman–Crippen LogP) is 1.06. The molecule has 1 N–H and O–H groups in total. The van der Waals surface area contributed by atoms with Gasteiger partial charge in [-0.15, -0.1) is 0 Å². The molecular weight excluding hydrogens is 250 g/mol. The molecule has 1 aromatic heterocycles. The number of nitrogens with one attached hydrogen (secondary N) is 1. The van der Waals surface area contributed by atoms with Gasteiger partial charge in [-0.3, -0.25) is 4.79 Å². The average molecular weight is 261 g/mol. The van der Waals surface area contributed by atoms with Gasteiger partial charge in [0.05, 0.1) is 6.42 Å². The van der Waals surface area contributed by atoms with Crippen LogP contribution in [0.25, 0.3) is 0 Å². The van der Waals surface area contributed by atoms with Crippen LogP contribution in [0.3, 0.4) is 0 Å². The Morgan fingerprint density at radius 2 is 2.39 bits per heavy atom. The van der Waals surface area contributed by atoms with Crippen LogP contribution in [0.5, 0.6) is 0 Å². The zero-order valence-corrected chi connectivity index (χ0v) is 10.6. The van der Waals surface area contributed by atoms with Gasteiger partial charge in [-0.05, 0) is 22.4 Å². The van der Waals surface area contributed by atoms with E-state index in [0.29, 0.717) is 6.42 Å². The van der Waals surface area contributed by atoms with E-state index in [4.69, 9.17) is 0 Å². The molecule has 18 heavy (non-hydrogen) atoms. The molecule has 0 fully saturated rings. The van der Waals surface area contributed by atoms with Gasteiger partial charge in [0.25, 0.3) is 0 Å². The largest absolute Gasteiger partial charge is 0.344 e. The number of fused-ring (bicyclic) bond motifs is 1. The van der Waals surface area contributed by atoms with E-state index >= 15 is 0 Å². The molecule has 1 aromatic carbocycles. The Morgan fingerprint density at radius 3 is 3.17 bits per heavy atom. The molecule has 0 radical (unpaired) electrons. The fourth-order valence-electron chi connectivity index (χ4n) is 2.00. The summed E-state index contributed by atoms with van der Waals surface area (Å²) in [5, 5.41) is 11.1. The molecule has 1 aliphatic heterocycles. The molecule has 1 amide bonds. The van der Waals surface area contributed by atoms with E-state index in [1.54, 1.807) is 0 Å². The highest BCUT2D eigenvalue weighted by molar-refractivity contribution is 7.09. The second-order valence-electron chi connectivity index (χ2n) is 4.22. The summed E-state index contributed by atoms with van der Waals surface area (Å²) in [7, 11) is 1.94. The summed E-state index contributed by atoms with van der Waals surface area (Å²) < 4.78 is 3.74. The highest BCUT2D eigenvalue weighted by atomic mass is 32.1. The number of carbonyl (C=O) groups is 1. The van der Waals surface area contributed by atoms with Crippen molar-refractivity contribution in [1.29, 1.82) is 0 Å². The smallest absolute Gasteiger partial charge is 0.228 e. The van der Waals surface area contributed by atoms with Crippen molar-refractivity contribution < 1.29 is 4.79 Å². The maximum Gasteiger partial charge on any atom is 0.228 e. The first-order valence-electron chi connectivity index (χ1n) is 5.50. The molecule has 0 saturated carbocycles. The first kappa shape index (κ1) is 11.1. The highest BCUT2D eigenvalue weighted by Crippen LogP contribution is 2.25. The number of anilines is 2. The van der Waals surface area contributed by atoms with E-state index in [2.05, 4.69) is 26.2 Å². The van der Waals surface area contributed by atoms with Gasteiger partial charge >= 0.3 is 0 Å². The molecule has 0 saturated heterocycles. The van der Waals surface area contributed by atoms with Gasteiger partial charge in [-0.2, -0.15) is 0 Å². The summed E-state index contributed by atoms with van der Waals surface area (Å²) in [6, 6.07) is 6.01. The van der Waals surface area contributed by atoms with Crippen molar-refractivity contribution in [2.45, 2.75) is 13.0 Å². The molecule has 1 aliphatic rings. The van der Waals surface area contributed by atoms with Crippen LogP contribution in [0.2, 0.25) is 0 Å². The predicted molar refractivity (Wildman–Crippen MR) is 68.6 cm³/mol. The number of amides is 1. The SMILES string of the molecule is CN(Cc1ccc2c(c1)CC(=O)N2)c1nnns1. The Bertz CT molecular complexity index is 583. The molecule has 2 heterocycles. The molecule has 7 heteroatoms. The standard InChI is InChI=1S/C11H11N5OS/c1-16(11-13-14-15-18-11)6-7-2-3-9-8(4-7)5-10(17)12-9/h2-4H,5-6H2,1H3,(H,12,17). The average Bonchev–Trinajstić information content (AvgIpc) is 2.95. The fraction of sp³-hybridized carbons (Fsp3) is 0.273. The third-order valence-electron chi connectivity index (χ3n) is 2.83. The summed E-state index contributed by atoms with van der Waals surface area (Å²) in [5.74, 6) is 0.0591. The van der Waals surface area contributed by atoms with Crippen molar-refractivity contribution in [3.63, 3.8) is 0 Å². The first-order chi connectivity index (χ1) is 8.72. The van der Waals surface area contributed by atoms with E-state index in [0.717, 1.165) is 28.5 Å². The fourth-order valence-corrected chi connectivity index (χ4v) is 2.42. The number of rotatable bonds is 3. The second-order valence-corrected chi connectivity index (χ2v) is 4.93. The van der Waals surface area contributed by atoms with E-state index in [-0.39, 0.29) is 5.91 Å². The Morgan fingerprint density at radius 1 is 1.50 bits per heavy atom. The summed E-state index contributed by atoms with van der Waals surface area (Å²) >= 11 is 1.26. The van der Waals surface area contributed by atoms with Crippen molar-refractivity contribution >= 4 is 28.3 Å². The molecule has 92 valence electrons. The third kappa shape index (κ3) is 2.04. The zero-order chi connectivity index (χ0) is 12.5. The lowest BCUT2D eigenvalue weighted by atomic mass is 10.1. The molecule has 3 rings (SSSR count). The van der Waals surface area contributed by atoms with Gasteiger partial charge in [0.2, 0.25) is 11.0 Å². The number of carbonyl (C=O) groups excluding carboxylic acids is 1. The Kier molecular flexibility index (Phi) is 2.67. The van der Waals surface area contributed by atoms with Crippen LogP contribution in [-0.2, 0) is 17.8 Å². The quantitative estimate of drug-likeness (QED) is 0.894. The van der Waals surface area contributed by atoms with E-state index < -0.39 is 0 Å². The van der Waals surface area contributed by atoms with Crippen molar-refractivity contribution in [1.82, 2.24) is 14.8 Å². The van der Waals surface area contributed by atoms with Gasteiger partial charge in [0.15, 0.2) is 0 Å². The Balaban J connectivity index is 1.78. The number of hydrogen-bond acceptors (Lipinski definition) is 6. The zero-order valence-electron chi connectivity index (χ0n) is 9.75. The van der Waals surface area contributed by atoms with Crippen LogP contribution in [0.4, 0.5) is 10.8 Å². The van der Waals surface area contributed by atoms with Crippen molar-refractivity contribution in [3.8, 4) is 0 Å². The maximum absolute atomic E-state index is 11.3. The molecule has 0 spiro atoms. The monoisotopic (exact) mass is 261 g/mol. The number of aromatic nitrogens is 3. The summed E-state index contributed by atoms with van der Waals surface area (Å²) in [6.45, 7) is 0.721. The number of nitrogens with zero attached hydrogens (tertiary/aromatic N) is 4. The molecular formula is C11H11N5OS. The molecule has 0 aliphatic carbocycles. The van der Waals surface area contributed by atoms with Crippen molar-refractivity contribution in [3.05, 3.63) is 29.3 Å².